The molecule has 0 bridgehead atoms. The zero-order chi connectivity index (χ0) is 34.7. The number of fused-ring (bicyclic) bond motifs is 4. The second-order valence-corrected chi connectivity index (χ2v) is 21.0. The molecule has 0 unspecified atom stereocenters. The van der Waals surface area contributed by atoms with Crippen molar-refractivity contribution in [2.45, 2.75) is 106 Å². The number of pyridine rings is 1. The number of carbonyl (C=O) groups excluding carboxylic acids is 1. The van der Waals surface area contributed by atoms with Crippen molar-refractivity contribution in [1.29, 1.82) is 0 Å². The van der Waals surface area contributed by atoms with Crippen LogP contribution in [0.5, 0.6) is 0 Å². The van der Waals surface area contributed by atoms with Crippen LogP contribution in [-0.2, 0) is 30.3 Å². The zero-order valence-electron chi connectivity index (χ0n) is 30.8. The Bertz CT molecular complexity index is 1900. The molecule has 2 aromatic heterocycles. The van der Waals surface area contributed by atoms with Crippen molar-refractivity contribution in [2.75, 3.05) is 0 Å². The molecule has 48 heavy (non-hydrogen) atoms. The monoisotopic (exact) mass is 857 g/mol. The summed E-state index contributed by atoms with van der Waals surface area (Å²) in [5, 5.41) is 16.4. The Hall–Kier alpha value is -2.63. The molecule has 0 aliphatic heterocycles. The van der Waals surface area contributed by atoms with Gasteiger partial charge in [-0.05, 0) is 60.0 Å². The maximum atomic E-state index is 11.7. The number of allylic oxidation sites excluding steroid dienone is 2. The predicted octanol–water partition coefficient (Wildman–Crippen LogP) is 12.1. The first-order valence-corrected chi connectivity index (χ1v) is 21.7. The third kappa shape index (κ3) is 8.74. The Kier molecular flexibility index (Phi) is 13.6. The molecule has 3 nitrogen and oxygen atoms in total. The van der Waals surface area contributed by atoms with Gasteiger partial charge in [0.1, 0.15) is 0 Å². The molecule has 0 spiro atoms. The van der Waals surface area contributed by atoms with E-state index in [-0.39, 0.29) is 48.9 Å². The van der Waals surface area contributed by atoms with Gasteiger partial charge in [0.2, 0.25) is 0 Å². The van der Waals surface area contributed by atoms with E-state index in [1.807, 2.05) is 45.2 Å². The molecular formula is C42H54IrNO2SSi-. The summed E-state index contributed by atoms with van der Waals surface area (Å²) in [6.45, 7) is 24.5. The molecule has 0 aliphatic rings. The number of aromatic nitrogens is 1. The van der Waals surface area contributed by atoms with E-state index in [1.165, 1.54) is 42.8 Å². The average Bonchev–Trinajstić information content (AvgIpc) is 3.39. The molecule has 0 saturated heterocycles. The fourth-order valence-corrected chi connectivity index (χ4v) is 10.2. The number of benzene rings is 3. The first kappa shape index (κ1) is 39.8. The van der Waals surface area contributed by atoms with Crippen molar-refractivity contribution in [3.63, 3.8) is 0 Å². The van der Waals surface area contributed by atoms with Gasteiger partial charge in [0, 0.05) is 59.3 Å². The first-order chi connectivity index (χ1) is 22.1. The van der Waals surface area contributed by atoms with Crippen LogP contribution in [0.1, 0.15) is 85.3 Å². The fraction of sp³-hybridized carbons (Fsp3) is 0.429. The van der Waals surface area contributed by atoms with E-state index in [0.717, 1.165) is 42.3 Å². The molecule has 0 atom stereocenters. The molecule has 0 fully saturated rings. The Morgan fingerprint density at radius 2 is 1.52 bits per heavy atom. The van der Waals surface area contributed by atoms with E-state index in [4.69, 9.17) is 4.98 Å². The molecule has 3 aromatic carbocycles. The average molecular weight is 857 g/mol. The molecular weight excluding hydrogens is 803 g/mol. The standard InChI is InChI=1S/C29H30NSSi.C13H24O2.Ir/c1-18-14-23-22-12-13-30-26(28(22)31-27(23)25(15-18)32(5,6)7)20-16-19-10-8-9-11-21(19)24(17-20)29(2,3)4;1-5-10(6-2)12(14)9-13(15)11(7-3)8-4;/h8-15,17H,1-7H3;9-11,14H,5-8H2,1-4H3;/q-1;;/b;12-9-;. The van der Waals surface area contributed by atoms with Crippen LogP contribution >= 0.6 is 11.3 Å². The van der Waals surface area contributed by atoms with Crippen LogP contribution < -0.4 is 5.19 Å². The summed E-state index contributed by atoms with van der Waals surface area (Å²) in [5.74, 6) is 0.547. The van der Waals surface area contributed by atoms with Crippen LogP contribution in [0, 0.1) is 24.8 Å². The molecule has 1 radical (unpaired) electrons. The SMILES string of the molecule is CCC(CC)C(=O)/C=C(\O)C(CC)CC.Cc1cc([Si](C)(C)C)c2sc3c(-c4[c-]c5ccccc5c(C(C)(C)C)c4)nccc3c2c1.[Ir]. The Labute approximate surface area is 307 Å². The van der Waals surface area contributed by atoms with E-state index in [9.17, 15) is 9.90 Å². The van der Waals surface area contributed by atoms with Crippen LogP contribution in [0.3, 0.4) is 0 Å². The molecule has 0 amide bonds. The number of aliphatic hydroxyl groups is 1. The smallest absolute Gasteiger partial charge is 0.162 e. The van der Waals surface area contributed by atoms with Gasteiger partial charge in [0.05, 0.1) is 13.8 Å². The second-order valence-electron chi connectivity index (χ2n) is 15.0. The Morgan fingerprint density at radius 1 is 0.896 bits per heavy atom. The molecule has 5 aromatic rings. The van der Waals surface area contributed by atoms with Crippen molar-refractivity contribution >= 4 is 61.3 Å². The molecule has 6 heteroatoms. The van der Waals surface area contributed by atoms with Crippen LogP contribution in [-0.4, -0.2) is 23.9 Å². The summed E-state index contributed by atoms with van der Waals surface area (Å²) < 4.78 is 2.72. The largest absolute Gasteiger partial charge is 0.512 e. The van der Waals surface area contributed by atoms with E-state index < -0.39 is 8.07 Å². The van der Waals surface area contributed by atoms with Crippen molar-refractivity contribution in [2.24, 2.45) is 11.8 Å². The van der Waals surface area contributed by atoms with Crippen molar-refractivity contribution in [3.8, 4) is 11.3 Å². The van der Waals surface area contributed by atoms with Gasteiger partial charge in [-0.3, -0.25) is 9.78 Å². The van der Waals surface area contributed by atoms with Crippen molar-refractivity contribution in [3.05, 3.63) is 83.8 Å². The summed E-state index contributed by atoms with van der Waals surface area (Å²) in [5.41, 5.74) is 4.89. The van der Waals surface area contributed by atoms with Gasteiger partial charge in [-0.1, -0.05) is 115 Å². The molecule has 0 aliphatic carbocycles. The number of rotatable bonds is 9. The van der Waals surface area contributed by atoms with Gasteiger partial charge >= 0.3 is 0 Å². The molecule has 1 N–H and O–H groups in total. The van der Waals surface area contributed by atoms with Crippen LogP contribution in [0.4, 0.5) is 0 Å². The maximum Gasteiger partial charge on any atom is 0.162 e. The summed E-state index contributed by atoms with van der Waals surface area (Å²) in [4.78, 5) is 16.6. The number of aliphatic hydroxyl groups excluding tert-OH is 1. The van der Waals surface area contributed by atoms with Gasteiger partial charge in [-0.25, -0.2) is 0 Å². The predicted molar refractivity (Wildman–Crippen MR) is 209 cm³/mol. The van der Waals surface area contributed by atoms with Crippen molar-refractivity contribution < 1.29 is 30.0 Å². The molecule has 2 heterocycles. The van der Waals surface area contributed by atoms with Gasteiger partial charge in [-0.15, -0.1) is 40.5 Å². The molecule has 5 rings (SSSR count). The maximum absolute atomic E-state index is 11.7. The van der Waals surface area contributed by atoms with Gasteiger partial charge in [0.15, 0.2) is 5.78 Å². The number of carbonyl (C=O) groups is 1. The van der Waals surface area contributed by atoms with Crippen molar-refractivity contribution in [1.82, 2.24) is 4.98 Å². The zero-order valence-corrected chi connectivity index (χ0v) is 35.0. The van der Waals surface area contributed by atoms with E-state index in [0.29, 0.717) is 0 Å². The third-order valence-corrected chi connectivity index (χ3v) is 12.8. The van der Waals surface area contributed by atoms with Crippen LogP contribution in [0.15, 0.2) is 66.6 Å². The minimum atomic E-state index is -1.48. The molecule has 0 saturated carbocycles. The van der Waals surface area contributed by atoms with Gasteiger partial charge in [-0.2, -0.15) is 0 Å². The number of nitrogens with zero attached hydrogens (tertiary/aromatic N) is 1. The van der Waals surface area contributed by atoms with E-state index in [1.54, 1.807) is 5.19 Å². The summed E-state index contributed by atoms with van der Waals surface area (Å²) in [7, 11) is -1.48. The Balaban J connectivity index is 0.000000334. The minimum Gasteiger partial charge on any atom is -0.512 e. The van der Waals surface area contributed by atoms with E-state index in [2.05, 4.69) is 102 Å². The summed E-state index contributed by atoms with van der Waals surface area (Å²) in [6.07, 6.45) is 6.88. The van der Waals surface area contributed by atoms with Gasteiger partial charge < -0.3 is 5.11 Å². The minimum absolute atomic E-state index is 0. The summed E-state index contributed by atoms with van der Waals surface area (Å²) >= 11 is 1.92. The topological polar surface area (TPSA) is 50.2 Å². The number of thiophene rings is 1. The Morgan fingerprint density at radius 3 is 2.10 bits per heavy atom. The van der Waals surface area contributed by atoms with E-state index >= 15 is 0 Å². The number of ketones is 1. The number of aryl methyl sites for hydroxylation is 1. The second kappa shape index (κ2) is 16.4. The number of hydrogen-bond acceptors (Lipinski definition) is 4. The van der Waals surface area contributed by atoms with Crippen LogP contribution in [0.2, 0.25) is 19.6 Å². The first-order valence-electron chi connectivity index (χ1n) is 17.4. The summed E-state index contributed by atoms with van der Waals surface area (Å²) in [6, 6.07) is 21.6. The fourth-order valence-electron chi connectivity index (χ4n) is 6.46. The normalized spacial score (nSPS) is 12.5. The van der Waals surface area contributed by atoms with Crippen LogP contribution in [0.25, 0.3) is 42.2 Å². The molecule has 259 valence electrons. The quantitative estimate of drug-likeness (QED) is 0.0695. The third-order valence-electron chi connectivity index (χ3n) is 9.36. The van der Waals surface area contributed by atoms with Gasteiger partial charge in [0.25, 0.3) is 0 Å². The number of hydrogen-bond donors (Lipinski definition) is 1.